The van der Waals surface area contributed by atoms with Crippen molar-refractivity contribution >= 4 is 22.9 Å². The van der Waals surface area contributed by atoms with Crippen LogP contribution in [-0.4, -0.2) is 17.8 Å². The Morgan fingerprint density at radius 3 is 2.53 bits per heavy atom. The van der Waals surface area contributed by atoms with Crippen molar-refractivity contribution < 1.29 is 5.11 Å². The minimum absolute atomic E-state index is 0.138. The quantitative estimate of drug-likeness (QED) is 0.838. The molecule has 15 heavy (non-hydrogen) atoms. The van der Waals surface area contributed by atoms with E-state index in [1.54, 1.807) is 0 Å². The van der Waals surface area contributed by atoms with Gasteiger partial charge in [-0.3, -0.25) is 0 Å². The van der Waals surface area contributed by atoms with E-state index in [4.69, 9.17) is 11.6 Å². The summed E-state index contributed by atoms with van der Waals surface area (Å²) >= 11 is 7.42. The van der Waals surface area contributed by atoms with Gasteiger partial charge in [-0.25, -0.2) is 0 Å². The van der Waals surface area contributed by atoms with Crippen LogP contribution in [0.4, 0.5) is 0 Å². The third kappa shape index (κ3) is 3.76. The first kappa shape index (κ1) is 13.0. The number of aliphatic hydroxyl groups excluding tert-OH is 1. The van der Waals surface area contributed by atoms with Gasteiger partial charge < -0.3 is 10.4 Å². The lowest BCUT2D eigenvalue weighted by atomic mass is 10.0. The first-order valence-electron chi connectivity index (χ1n) is 5.15. The van der Waals surface area contributed by atoms with E-state index in [1.807, 2.05) is 6.07 Å². The molecular weight excluding hydrogens is 230 g/mol. The number of halogens is 1. The highest BCUT2D eigenvalue weighted by Crippen LogP contribution is 2.25. The van der Waals surface area contributed by atoms with Crippen molar-refractivity contribution in [3.63, 3.8) is 0 Å². The van der Waals surface area contributed by atoms with Gasteiger partial charge >= 0.3 is 0 Å². The van der Waals surface area contributed by atoms with Crippen LogP contribution in [0.2, 0.25) is 4.34 Å². The summed E-state index contributed by atoms with van der Waals surface area (Å²) in [7, 11) is 0. The highest BCUT2D eigenvalue weighted by Gasteiger charge is 2.16. The van der Waals surface area contributed by atoms with E-state index in [2.05, 4.69) is 31.5 Å². The number of hydrogen-bond donors (Lipinski definition) is 2. The highest BCUT2D eigenvalue weighted by atomic mass is 35.5. The third-order valence-electron chi connectivity index (χ3n) is 2.55. The summed E-state index contributed by atoms with van der Waals surface area (Å²) in [6.45, 7) is 6.45. The molecule has 0 radical (unpaired) electrons. The van der Waals surface area contributed by atoms with Crippen LogP contribution in [0.3, 0.4) is 0 Å². The SMILES string of the molecule is CC(NC(CO)C(C)C)c1csc(Cl)c1. The summed E-state index contributed by atoms with van der Waals surface area (Å²) in [5.74, 6) is 0.423. The summed E-state index contributed by atoms with van der Waals surface area (Å²) in [6.07, 6.45) is 0. The zero-order chi connectivity index (χ0) is 11.4. The van der Waals surface area contributed by atoms with Gasteiger partial charge in [-0.2, -0.15) is 0 Å². The molecule has 0 aliphatic heterocycles. The van der Waals surface area contributed by atoms with Gasteiger partial charge in [0.25, 0.3) is 0 Å². The summed E-state index contributed by atoms with van der Waals surface area (Å²) < 4.78 is 0.809. The standard InChI is InChI=1S/C11H18ClNOS/c1-7(2)10(5-14)13-8(3)9-4-11(12)15-6-9/h4,6-8,10,13-14H,5H2,1-3H3. The molecule has 0 saturated carbocycles. The summed E-state index contributed by atoms with van der Waals surface area (Å²) in [6, 6.07) is 2.34. The lowest BCUT2D eigenvalue weighted by molar-refractivity contribution is 0.201. The van der Waals surface area contributed by atoms with Gasteiger partial charge in [-0.1, -0.05) is 25.4 Å². The Morgan fingerprint density at radius 1 is 1.47 bits per heavy atom. The van der Waals surface area contributed by atoms with Crippen LogP contribution < -0.4 is 5.32 Å². The van der Waals surface area contributed by atoms with Crippen LogP contribution in [0.1, 0.15) is 32.4 Å². The fourth-order valence-corrected chi connectivity index (χ4v) is 2.41. The molecule has 1 rings (SSSR count). The fraction of sp³-hybridized carbons (Fsp3) is 0.636. The molecule has 0 amide bonds. The average molecular weight is 248 g/mol. The number of aliphatic hydroxyl groups is 1. The minimum Gasteiger partial charge on any atom is -0.395 e. The highest BCUT2D eigenvalue weighted by molar-refractivity contribution is 7.14. The van der Waals surface area contributed by atoms with Crippen molar-refractivity contribution in [3.8, 4) is 0 Å². The van der Waals surface area contributed by atoms with E-state index >= 15 is 0 Å². The normalized spacial score (nSPS) is 15.6. The molecule has 0 aliphatic rings. The first-order chi connectivity index (χ1) is 7.04. The van der Waals surface area contributed by atoms with E-state index in [-0.39, 0.29) is 18.7 Å². The second-order valence-electron chi connectivity index (χ2n) is 4.11. The predicted octanol–water partition coefficient (Wildman–Crippen LogP) is 3.07. The Balaban J connectivity index is 2.58. The number of thiophene rings is 1. The molecule has 86 valence electrons. The average Bonchev–Trinajstić information content (AvgIpc) is 2.60. The smallest absolute Gasteiger partial charge is 0.0931 e. The third-order valence-corrected chi connectivity index (χ3v) is 3.66. The molecule has 0 aliphatic carbocycles. The van der Waals surface area contributed by atoms with Crippen molar-refractivity contribution in [3.05, 3.63) is 21.3 Å². The van der Waals surface area contributed by atoms with Gasteiger partial charge in [0.05, 0.1) is 10.9 Å². The molecule has 0 bridgehead atoms. The van der Waals surface area contributed by atoms with Crippen molar-refractivity contribution in [1.82, 2.24) is 5.32 Å². The predicted molar refractivity (Wildman–Crippen MR) is 66.6 cm³/mol. The Morgan fingerprint density at radius 2 is 2.13 bits per heavy atom. The maximum Gasteiger partial charge on any atom is 0.0931 e. The monoisotopic (exact) mass is 247 g/mol. The van der Waals surface area contributed by atoms with Gasteiger partial charge in [-0.05, 0) is 29.9 Å². The van der Waals surface area contributed by atoms with Gasteiger partial charge in [-0.15, -0.1) is 11.3 Å². The molecule has 0 saturated heterocycles. The lowest BCUT2D eigenvalue weighted by Crippen LogP contribution is -2.38. The van der Waals surface area contributed by atoms with E-state index in [9.17, 15) is 5.11 Å². The zero-order valence-corrected chi connectivity index (χ0v) is 10.9. The van der Waals surface area contributed by atoms with E-state index in [0.717, 1.165) is 4.34 Å². The van der Waals surface area contributed by atoms with Gasteiger partial charge in [0.1, 0.15) is 0 Å². The van der Waals surface area contributed by atoms with Crippen molar-refractivity contribution in [2.75, 3.05) is 6.61 Å². The summed E-state index contributed by atoms with van der Waals surface area (Å²) in [4.78, 5) is 0. The topological polar surface area (TPSA) is 32.3 Å². The maximum atomic E-state index is 9.21. The molecule has 0 fully saturated rings. The number of nitrogens with one attached hydrogen (secondary N) is 1. The molecule has 4 heteroatoms. The zero-order valence-electron chi connectivity index (χ0n) is 9.33. The lowest BCUT2D eigenvalue weighted by Gasteiger charge is -2.24. The fourth-order valence-electron chi connectivity index (χ4n) is 1.42. The minimum atomic E-state index is 0.138. The largest absolute Gasteiger partial charge is 0.395 e. The van der Waals surface area contributed by atoms with Crippen molar-refractivity contribution in [2.45, 2.75) is 32.9 Å². The van der Waals surface area contributed by atoms with E-state index in [0.29, 0.717) is 5.92 Å². The molecule has 1 heterocycles. The Hall–Kier alpha value is -0.0900. The van der Waals surface area contributed by atoms with Crippen LogP contribution >= 0.6 is 22.9 Å². The molecular formula is C11H18ClNOS. The van der Waals surface area contributed by atoms with Crippen LogP contribution in [-0.2, 0) is 0 Å². The van der Waals surface area contributed by atoms with E-state index in [1.165, 1.54) is 16.9 Å². The van der Waals surface area contributed by atoms with Crippen LogP contribution in [0.5, 0.6) is 0 Å². The molecule has 2 atom stereocenters. The van der Waals surface area contributed by atoms with Crippen molar-refractivity contribution in [1.29, 1.82) is 0 Å². The van der Waals surface area contributed by atoms with Crippen LogP contribution in [0.25, 0.3) is 0 Å². The first-order valence-corrected chi connectivity index (χ1v) is 6.41. The molecule has 2 N–H and O–H groups in total. The molecule has 2 unspecified atom stereocenters. The summed E-state index contributed by atoms with van der Waals surface area (Å²) in [5, 5.41) is 14.7. The van der Waals surface area contributed by atoms with Crippen LogP contribution in [0, 0.1) is 5.92 Å². The van der Waals surface area contributed by atoms with Gasteiger partial charge in [0, 0.05) is 12.1 Å². The second-order valence-corrected chi connectivity index (χ2v) is 5.65. The molecule has 2 nitrogen and oxygen atoms in total. The Labute approximate surface area is 100 Å². The van der Waals surface area contributed by atoms with Gasteiger partial charge in [0.15, 0.2) is 0 Å². The Kier molecular flexibility index (Phi) is 5.06. The number of rotatable bonds is 5. The Bertz CT molecular complexity index is 301. The van der Waals surface area contributed by atoms with Crippen molar-refractivity contribution in [2.24, 2.45) is 5.92 Å². The molecule has 0 aromatic carbocycles. The molecule has 1 aromatic rings. The maximum absolute atomic E-state index is 9.21. The second kappa shape index (κ2) is 5.85. The van der Waals surface area contributed by atoms with Gasteiger partial charge in [0.2, 0.25) is 0 Å². The molecule has 1 aromatic heterocycles. The number of hydrogen-bond acceptors (Lipinski definition) is 3. The van der Waals surface area contributed by atoms with Crippen LogP contribution in [0.15, 0.2) is 11.4 Å². The molecule has 0 spiro atoms. The van der Waals surface area contributed by atoms with E-state index < -0.39 is 0 Å². The summed E-state index contributed by atoms with van der Waals surface area (Å²) in [5.41, 5.74) is 1.18.